The molecule has 0 bridgehead atoms. The third-order valence-corrected chi connectivity index (χ3v) is 13.0. The molecule has 1 aliphatic heterocycles. The molecule has 4 aromatic rings. The summed E-state index contributed by atoms with van der Waals surface area (Å²) in [6, 6.07) is 9.51. The molecular weight excluding hydrogens is 1010 g/mol. The standard InChI is InChI=1S/C49H55F7N8O7S2/c1-29-40(73-28-60-29)31-13-11-30(12-14-31)24-58-42(67)36-10-8-17-63(36)44(68)41(46(2,3)4)61-37(66)26-70-21-20-69-18-9-19-71-43-34(48(51,52)53)22-33(25-59-43)64(47(5,6)27-65)45(72)62(7)35-16-15-32(23-57)38(39(35)50)49(54,55)56/h11-16,22,25,27-28,36,41H,8-10,17-21,24,26H2,1-7H3,(H,58,67)(H,61,66)/t36-,41?/m0/s1. The second-order valence-corrected chi connectivity index (χ2v) is 19.7. The maximum Gasteiger partial charge on any atom is 0.421 e. The van der Waals surface area contributed by atoms with Crippen molar-refractivity contribution in [3.8, 4) is 22.4 Å². The van der Waals surface area contributed by atoms with E-state index in [9.17, 15) is 45.5 Å². The molecule has 1 aliphatic rings. The quantitative estimate of drug-likeness (QED) is 0.0373. The van der Waals surface area contributed by atoms with Crippen LogP contribution in [-0.4, -0.2) is 108 Å². The summed E-state index contributed by atoms with van der Waals surface area (Å²) in [6.45, 7) is 9.61. The first-order valence-electron chi connectivity index (χ1n) is 22.8. The van der Waals surface area contributed by atoms with Gasteiger partial charge in [0.1, 0.15) is 36.1 Å². The van der Waals surface area contributed by atoms with Crippen molar-refractivity contribution < 1.29 is 64.1 Å². The minimum atomic E-state index is -5.29. The summed E-state index contributed by atoms with van der Waals surface area (Å²) in [4.78, 5) is 64.8. The summed E-state index contributed by atoms with van der Waals surface area (Å²) >= 11 is 6.97. The van der Waals surface area contributed by atoms with E-state index in [2.05, 4.69) is 20.6 Å². The van der Waals surface area contributed by atoms with Crippen molar-refractivity contribution in [2.24, 2.45) is 5.41 Å². The number of pyridine rings is 1. The van der Waals surface area contributed by atoms with Crippen LogP contribution in [0.2, 0.25) is 0 Å². The number of amides is 3. The van der Waals surface area contributed by atoms with E-state index in [0.29, 0.717) is 37.8 Å². The molecule has 24 heteroatoms. The van der Waals surface area contributed by atoms with E-state index >= 15 is 4.39 Å². The van der Waals surface area contributed by atoms with Crippen LogP contribution >= 0.6 is 23.6 Å². The van der Waals surface area contributed by atoms with Crippen molar-refractivity contribution in [3.05, 3.63) is 87.9 Å². The van der Waals surface area contributed by atoms with Crippen LogP contribution in [0.5, 0.6) is 5.88 Å². The Morgan fingerprint density at radius 1 is 0.986 bits per heavy atom. The Hall–Kier alpha value is -6.29. The molecule has 73 heavy (non-hydrogen) atoms. The van der Waals surface area contributed by atoms with Crippen molar-refractivity contribution in [2.45, 2.75) is 97.3 Å². The molecule has 15 nitrogen and oxygen atoms in total. The molecular formula is C49H55F7N8O7S2. The lowest BCUT2D eigenvalue weighted by atomic mass is 9.85. The molecule has 0 spiro atoms. The molecule has 0 saturated carbocycles. The number of hydrogen-bond acceptors (Lipinski definition) is 12. The Kier molecular flexibility index (Phi) is 19.1. The van der Waals surface area contributed by atoms with Gasteiger partial charge in [-0.25, -0.2) is 14.4 Å². The maximum absolute atomic E-state index is 15.4. The number of thiazole rings is 1. The number of thiocarbonyl (C=S) groups is 1. The molecule has 2 N–H and O–H groups in total. The SMILES string of the molecule is Cc1ncsc1-c1ccc(CNC(=O)[C@@H]2CCCN2C(=O)C(NC(=O)COCCOCCCOc2ncc(N(C(=S)N(C)c3ccc(C#N)c(C(F)(F)F)c3F)C(C)(C)C=O)cc2C(F)(F)F)C(C)(C)C)cc1. The molecule has 1 unspecified atom stereocenters. The van der Waals surface area contributed by atoms with Crippen molar-refractivity contribution in [1.82, 2.24) is 25.5 Å². The van der Waals surface area contributed by atoms with Crippen molar-refractivity contribution in [3.63, 3.8) is 0 Å². The first kappa shape index (κ1) is 57.6. The van der Waals surface area contributed by atoms with E-state index in [-0.39, 0.29) is 45.3 Å². The van der Waals surface area contributed by atoms with Crippen molar-refractivity contribution in [1.29, 1.82) is 5.26 Å². The zero-order valence-corrected chi connectivity index (χ0v) is 42.6. The van der Waals surface area contributed by atoms with Gasteiger partial charge in [-0.1, -0.05) is 45.0 Å². The van der Waals surface area contributed by atoms with E-state index in [1.54, 1.807) is 37.6 Å². The molecule has 2 aromatic carbocycles. The van der Waals surface area contributed by atoms with Crippen LogP contribution in [0.4, 0.5) is 42.1 Å². The van der Waals surface area contributed by atoms with Gasteiger partial charge in [-0.3, -0.25) is 14.4 Å². The van der Waals surface area contributed by atoms with Gasteiger partial charge in [-0.05, 0) is 80.6 Å². The first-order valence-corrected chi connectivity index (χ1v) is 24.1. The lowest BCUT2D eigenvalue weighted by molar-refractivity contribution is -0.144. The molecule has 1 fully saturated rings. The Morgan fingerprint density at radius 3 is 2.27 bits per heavy atom. The molecule has 2 atom stereocenters. The van der Waals surface area contributed by atoms with Crippen LogP contribution in [0.3, 0.4) is 0 Å². The third-order valence-electron chi connectivity index (χ3n) is 11.6. The van der Waals surface area contributed by atoms with Crippen molar-refractivity contribution >= 4 is 64.0 Å². The lowest BCUT2D eigenvalue weighted by Gasteiger charge is -2.39. The van der Waals surface area contributed by atoms with E-state index < -0.39 is 98.7 Å². The normalized spacial score (nSPS) is 14.5. The van der Waals surface area contributed by atoms with Gasteiger partial charge in [0.15, 0.2) is 10.9 Å². The number of nitriles is 1. The topological polar surface area (TPSA) is 179 Å². The fourth-order valence-corrected chi connectivity index (χ4v) is 9.02. The Labute approximate surface area is 427 Å². The summed E-state index contributed by atoms with van der Waals surface area (Å²) in [5, 5.41) is 14.3. The van der Waals surface area contributed by atoms with Crippen LogP contribution in [0, 0.1) is 29.5 Å². The molecule has 0 aliphatic carbocycles. The second-order valence-electron chi connectivity index (χ2n) is 18.5. The molecule has 0 radical (unpaired) electrons. The van der Waals surface area contributed by atoms with E-state index in [1.807, 2.05) is 31.2 Å². The summed E-state index contributed by atoms with van der Waals surface area (Å²) in [6.07, 6.45) is -8.01. The minimum absolute atomic E-state index is 0.0104. The van der Waals surface area contributed by atoms with Gasteiger partial charge in [0, 0.05) is 33.2 Å². The average molecular weight is 1070 g/mol. The van der Waals surface area contributed by atoms with Gasteiger partial charge in [-0.15, -0.1) is 11.3 Å². The zero-order chi connectivity index (χ0) is 54.1. The van der Waals surface area contributed by atoms with Crippen molar-refractivity contribution in [2.75, 3.05) is 56.4 Å². The van der Waals surface area contributed by atoms with Gasteiger partial charge in [0.25, 0.3) is 0 Å². The van der Waals surface area contributed by atoms with Crippen LogP contribution in [0.25, 0.3) is 10.4 Å². The molecule has 1 saturated heterocycles. The van der Waals surface area contributed by atoms with Crippen LogP contribution in [-0.2, 0) is 47.5 Å². The lowest BCUT2D eigenvalue weighted by Crippen LogP contribution is -2.58. The third kappa shape index (κ3) is 14.5. The fraction of sp³-hybridized carbons (Fsp3) is 0.469. The number of aryl methyl sites for hydroxylation is 1. The Bertz CT molecular complexity index is 2670. The highest BCUT2D eigenvalue weighted by Gasteiger charge is 2.43. The summed E-state index contributed by atoms with van der Waals surface area (Å²) in [5.74, 6) is -3.99. The average Bonchev–Trinajstić information content (AvgIpc) is 4.00. The zero-order valence-electron chi connectivity index (χ0n) is 41.0. The number of carbonyl (C=O) groups excluding carboxylic acids is 4. The predicted molar refractivity (Wildman–Crippen MR) is 261 cm³/mol. The molecule has 394 valence electrons. The molecule has 3 heterocycles. The van der Waals surface area contributed by atoms with Crippen LogP contribution in [0.15, 0.2) is 54.2 Å². The summed E-state index contributed by atoms with van der Waals surface area (Å²) in [7, 11) is 1.04. The van der Waals surface area contributed by atoms with E-state index in [0.717, 1.165) is 50.8 Å². The van der Waals surface area contributed by atoms with Gasteiger partial charge >= 0.3 is 12.4 Å². The Balaban J connectivity index is 1.09. The summed E-state index contributed by atoms with van der Waals surface area (Å²) < 4.78 is 116. The monoisotopic (exact) mass is 1060 g/mol. The first-order chi connectivity index (χ1) is 34.2. The van der Waals surface area contributed by atoms with E-state index in [1.165, 1.54) is 24.8 Å². The number of anilines is 2. The number of aromatic nitrogens is 2. The highest BCUT2D eigenvalue weighted by atomic mass is 32.1. The van der Waals surface area contributed by atoms with E-state index in [4.69, 9.17) is 31.7 Å². The highest BCUT2D eigenvalue weighted by molar-refractivity contribution is 7.80. The van der Waals surface area contributed by atoms with Crippen LogP contribution < -0.4 is 25.2 Å². The second kappa shape index (κ2) is 24.2. The fourth-order valence-electron chi connectivity index (χ4n) is 7.77. The number of rotatable bonds is 20. The summed E-state index contributed by atoms with van der Waals surface area (Å²) in [5.41, 5.74) is -3.35. The van der Waals surface area contributed by atoms with Gasteiger partial charge in [0.05, 0.1) is 70.6 Å². The number of benzene rings is 2. The molecule has 5 rings (SSSR count). The van der Waals surface area contributed by atoms with Gasteiger partial charge in [-0.2, -0.15) is 31.6 Å². The number of aldehydes is 1. The molecule has 3 amide bonds. The number of ether oxygens (including phenoxy) is 3. The molecule has 2 aromatic heterocycles. The van der Waals surface area contributed by atoms with Crippen LogP contribution in [0.1, 0.15) is 81.8 Å². The number of nitrogens with zero attached hydrogens (tertiary/aromatic N) is 6. The Morgan fingerprint density at radius 2 is 1.67 bits per heavy atom. The maximum atomic E-state index is 15.4. The number of alkyl halides is 6. The number of hydrogen-bond donors (Lipinski definition) is 2. The largest absolute Gasteiger partial charge is 0.477 e. The smallest absolute Gasteiger partial charge is 0.421 e. The van der Waals surface area contributed by atoms with Gasteiger partial charge < -0.3 is 44.3 Å². The minimum Gasteiger partial charge on any atom is -0.477 e. The number of halogens is 7. The number of nitrogens with one attached hydrogen (secondary N) is 2. The highest BCUT2D eigenvalue weighted by Crippen LogP contribution is 2.41. The number of likely N-dealkylation sites (tertiary alicyclic amines) is 1. The number of carbonyl (C=O) groups is 4. The van der Waals surface area contributed by atoms with Gasteiger partial charge in [0.2, 0.25) is 23.6 Å². The predicted octanol–water partition coefficient (Wildman–Crippen LogP) is 8.41.